The van der Waals surface area contributed by atoms with E-state index in [1.165, 1.54) is 6.92 Å². The summed E-state index contributed by atoms with van der Waals surface area (Å²) in [6.45, 7) is 2.34. The van der Waals surface area contributed by atoms with Gasteiger partial charge in [0.1, 0.15) is 11.5 Å². The first kappa shape index (κ1) is 22.7. The average molecular weight is 466 g/mol. The first-order valence-corrected chi connectivity index (χ1v) is 11.7. The van der Waals surface area contributed by atoms with Crippen molar-refractivity contribution in [2.24, 2.45) is 0 Å². The van der Waals surface area contributed by atoms with Gasteiger partial charge < -0.3 is 14.6 Å². The number of amides is 1. The summed E-state index contributed by atoms with van der Waals surface area (Å²) in [7, 11) is 0. The van der Waals surface area contributed by atoms with Gasteiger partial charge in [0.2, 0.25) is 0 Å². The number of hydrogen-bond donors (Lipinski definition) is 1. The Hall–Kier alpha value is -4.03. The van der Waals surface area contributed by atoms with Crippen LogP contribution >= 0.6 is 0 Å². The Bertz CT molecular complexity index is 1380. The molecule has 0 spiro atoms. The molecule has 1 aliphatic heterocycles. The molecule has 0 unspecified atom stereocenters. The molecule has 1 aromatic heterocycles. The van der Waals surface area contributed by atoms with Gasteiger partial charge in [-0.2, -0.15) is 0 Å². The molecule has 0 saturated carbocycles. The molecule has 1 N–H and O–H groups in total. The summed E-state index contributed by atoms with van der Waals surface area (Å²) in [6.07, 6.45) is 2.36. The molecule has 0 fully saturated rings. The molecule has 0 aliphatic carbocycles. The summed E-state index contributed by atoms with van der Waals surface area (Å²) >= 11 is 0. The maximum Gasteiger partial charge on any atom is 0.255 e. The summed E-state index contributed by atoms with van der Waals surface area (Å²) in [4.78, 5) is 32.5. The minimum absolute atomic E-state index is 0.112. The highest BCUT2D eigenvalue weighted by atomic mass is 16.3. The molecule has 6 heteroatoms. The maximum absolute atomic E-state index is 13.9. The van der Waals surface area contributed by atoms with Gasteiger partial charge in [-0.1, -0.05) is 72.8 Å². The second-order valence-corrected chi connectivity index (χ2v) is 8.91. The van der Waals surface area contributed by atoms with Gasteiger partial charge in [0.15, 0.2) is 5.78 Å². The van der Waals surface area contributed by atoms with Crippen molar-refractivity contribution in [2.75, 3.05) is 6.61 Å². The van der Waals surface area contributed by atoms with E-state index in [1.807, 2.05) is 71.3 Å². The number of nitrogens with zero attached hydrogens (tertiary/aromatic N) is 3. The van der Waals surface area contributed by atoms with E-state index in [-0.39, 0.29) is 24.3 Å². The van der Waals surface area contributed by atoms with Crippen LogP contribution in [-0.4, -0.2) is 43.9 Å². The topological polar surface area (TPSA) is 75.4 Å². The van der Waals surface area contributed by atoms with Crippen LogP contribution in [0, 0.1) is 0 Å². The van der Waals surface area contributed by atoms with E-state index in [0.717, 1.165) is 16.7 Å². The van der Waals surface area contributed by atoms with E-state index in [1.54, 1.807) is 17.2 Å². The van der Waals surface area contributed by atoms with Crippen molar-refractivity contribution >= 4 is 11.7 Å². The van der Waals surface area contributed by atoms with Crippen LogP contribution in [0.1, 0.15) is 44.5 Å². The van der Waals surface area contributed by atoms with Crippen LogP contribution in [0.3, 0.4) is 0 Å². The number of aromatic nitrogens is 2. The fourth-order valence-corrected chi connectivity index (χ4v) is 4.71. The lowest BCUT2D eigenvalue weighted by molar-refractivity contribution is 0.0545. The summed E-state index contributed by atoms with van der Waals surface area (Å²) in [5.74, 6) is 0.281. The number of carbonyl (C=O) groups excluding carboxylic acids is 2. The van der Waals surface area contributed by atoms with Crippen LogP contribution in [0.15, 0.2) is 85.1 Å². The minimum atomic E-state index is -0.303. The Labute approximate surface area is 204 Å². The zero-order valence-corrected chi connectivity index (χ0v) is 19.6. The molecule has 0 bridgehead atoms. The quantitative estimate of drug-likeness (QED) is 0.430. The van der Waals surface area contributed by atoms with Crippen molar-refractivity contribution in [2.45, 2.75) is 32.5 Å². The van der Waals surface area contributed by atoms with E-state index in [9.17, 15) is 14.7 Å². The Kier molecular flexibility index (Phi) is 6.29. The third-order valence-corrected chi connectivity index (χ3v) is 6.56. The molecule has 1 atom stereocenters. The van der Waals surface area contributed by atoms with Crippen molar-refractivity contribution in [3.05, 3.63) is 113 Å². The molecule has 0 saturated heterocycles. The summed E-state index contributed by atoms with van der Waals surface area (Å²) in [5, 5.41) is 10.1. The Morgan fingerprint density at radius 2 is 1.63 bits per heavy atom. The number of ketones is 1. The van der Waals surface area contributed by atoms with E-state index in [4.69, 9.17) is 0 Å². The molecule has 0 radical (unpaired) electrons. The van der Waals surface area contributed by atoms with E-state index in [2.05, 4.69) is 11.1 Å². The second-order valence-electron chi connectivity index (χ2n) is 8.91. The standard InChI is InChI=1S/C29H27N3O3/c1-20(34)27-18-31(16-21-9-3-2-4-10-21)28(30-27)25-13-7-8-14-26(25)29(35)32-17-23-12-6-5-11-22(23)15-24(32)19-33/h2-14,18,24,33H,15-17,19H2,1H3/t24-/m0/s1. The molecule has 4 aromatic rings. The molecule has 6 nitrogen and oxygen atoms in total. The van der Waals surface area contributed by atoms with Gasteiger partial charge in [-0.3, -0.25) is 9.59 Å². The van der Waals surface area contributed by atoms with Gasteiger partial charge >= 0.3 is 0 Å². The highest BCUT2D eigenvalue weighted by Crippen LogP contribution is 2.29. The highest BCUT2D eigenvalue weighted by molar-refractivity contribution is 6.01. The van der Waals surface area contributed by atoms with Gasteiger partial charge in [-0.05, 0) is 29.2 Å². The van der Waals surface area contributed by atoms with Gasteiger partial charge in [0.05, 0.1) is 18.2 Å². The fourth-order valence-electron chi connectivity index (χ4n) is 4.71. The SMILES string of the molecule is CC(=O)c1cn(Cc2ccccc2)c(-c2ccccc2C(=O)N2Cc3ccccc3C[C@H]2CO)n1. The zero-order chi connectivity index (χ0) is 24.4. The lowest BCUT2D eigenvalue weighted by Crippen LogP contribution is -2.46. The first-order valence-electron chi connectivity index (χ1n) is 11.7. The van der Waals surface area contributed by atoms with Crippen LogP contribution in [0.5, 0.6) is 0 Å². The van der Waals surface area contributed by atoms with Gasteiger partial charge in [0.25, 0.3) is 5.91 Å². The lowest BCUT2D eigenvalue weighted by atomic mass is 9.93. The number of imidazole rings is 1. The molecule has 1 aliphatic rings. The summed E-state index contributed by atoms with van der Waals surface area (Å²) < 4.78 is 1.92. The third-order valence-electron chi connectivity index (χ3n) is 6.56. The minimum Gasteiger partial charge on any atom is -0.394 e. The number of benzene rings is 3. The Morgan fingerprint density at radius 3 is 2.37 bits per heavy atom. The molecule has 176 valence electrons. The normalized spacial score (nSPS) is 15.0. The molecule has 3 aromatic carbocycles. The summed E-state index contributed by atoms with van der Waals surface area (Å²) in [5.41, 5.74) is 4.84. The smallest absolute Gasteiger partial charge is 0.255 e. The van der Waals surface area contributed by atoms with Gasteiger partial charge in [0, 0.05) is 31.8 Å². The van der Waals surface area contributed by atoms with Crippen molar-refractivity contribution in [1.29, 1.82) is 0 Å². The Morgan fingerprint density at radius 1 is 0.943 bits per heavy atom. The third kappa shape index (κ3) is 4.53. The number of carbonyl (C=O) groups is 2. The number of aliphatic hydroxyl groups excluding tert-OH is 1. The second kappa shape index (κ2) is 9.68. The van der Waals surface area contributed by atoms with Crippen LogP contribution in [0.25, 0.3) is 11.4 Å². The van der Waals surface area contributed by atoms with E-state index < -0.39 is 0 Å². The number of aliphatic hydroxyl groups is 1. The predicted molar refractivity (Wildman–Crippen MR) is 134 cm³/mol. The largest absolute Gasteiger partial charge is 0.394 e. The molecule has 2 heterocycles. The monoisotopic (exact) mass is 465 g/mol. The predicted octanol–water partition coefficient (Wildman–Crippen LogP) is 4.36. The van der Waals surface area contributed by atoms with Crippen molar-refractivity contribution in [3.63, 3.8) is 0 Å². The first-order chi connectivity index (χ1) is 17.0. The molecule has 35 heavy (non-hydrogen) atoms. The summed E-state index contributed by atoms with van der Waals surface area (Å²) in [6, 6.07) is 25.0. The van der Waals surface area contributed by atoms with Crippen molar-refractivity contribution in [1.82, 2.24) is 14.5 Å². The van der Waals surface area contributed by atoms with Gasteiger partial charge in [-0.15, -0.1) is 0 Å². The highest BCUT2D eigenvalue weighted by Gasteiger charge is 2.31. The lowest BCUT2D eigenvalue weighted by Gasteiger charge is -2.36. The molecule has 5 rings (SSSR count). The molecule has 1 amide bonds. The fraction of sp³-hybridized carbons (Fsp3) is 0.207. The van der Waals surface area contributed by atoms with Gasteiger partial charge in [-0.25, -0.2) is 4.98 Å². The Balaban J connectivity index is 1.56. The number of fused-ring (bicyclic) bond motifs is 1. The number of rotatable bonds is 6. The zero-order valence-electron chi connectivity index (χ0n) is 19.6. The van der Waals surface area contributed by atoms with E-state index >= 15 is 0 Å². The van der Waals surface area contributed by atoms with Crippen LogP contribution in [0.4, 0.5) is 0 Å². The molecular formula is C29H27N3O3. The average Bonchev–Trinajstić information content (AvgIpc) is 3.32. The van der Waals surface area contributed by atoms with Crippen LogP contribution in [-0.2, 0) is 19.5 Å². The van der Waals surface area contributed by atoms with Crippen molar-refractivity contribution in [3.8, 4) is 11.4 Å². The maximum atomic E-state index is 13.9. The number of Topliss-reactive ketones (excluding diaryl/α,β-unsaturated/α-hetero) is 1. The van der Waals surface area contributed by atoms with Crippen LogP contribution < -0.4 is 0 Å². The number of hydrogen-bond acceptors (Lipinski definition) is 4. The molecular weight excluding hydrogens is 438 g/mol. The van der Waals surface area contributed by atoms with Crippen LogP contribution in [0.2, 0.25) is 0 Å². The van der Waals surface area contributed by atoms with E-state index in [0.29, 0.717) is 42.2 Å². The van der Waals surface area contributed by atoms with Crippen molar-refractivity contribution < 1.29 is 14.7 Å².